The topological polar surface area (TPSA) is 45.5 Å². The molecule has 4 aliphatic rings. The van der Waals surface area contributed by atoms with Gasteiger partial charge in [0, 0.05) is 12.0 Å². The molecule has 2 aliphatic carbocycles. The Morgan fingerprint density at radius 2 is 1.64 bits per heavy atom. The predicted octanol–water partition coefficient (Wildman–Crippen LogP) is 4.06. The van der Waals surface area contributed by atoms with Crippen LogP contribution in [0.15, 0.2) is 0 Å². The van der Waals surface area contributed by atoms with Gasteiger partial charge in [0.25, 0.3) is 0 Å². The molecule has 0 amide bonds. The Bertz CT molecular complexity index is 793. The fourth-order valence-corrected chi connectivity index (χ4v) is 5.97. The first kappa shape index (κ1) is 19.1. The molecular weight excluding hydrogens is 351 g/mol. The van der Waals surface area contributed by atoms with Crippen LogP contribution in [0.1, 0.15) is 104 Å². The van der Waals surface area contributed by atoms with E-state index in [1.54, 1.807) is 0 Å². The van der Waals surface area contributed by atoms with Crippen LogP contribution in [0, 0.1) is 5.41 Å². The van der Waals surface area contributed by atoms with Gasteiger partial charge in [0.1, 0.15) is 6.23 Å². The van der Waals surface area contributed by atoms with Crippen LogP contribution >= 0.6 is 0 Å². The molecule has 3 fully saturated rings. The van der Waals surface area contributed by atoms with Gasteiger partial charge in [-0.1, -0.05) is 20.8 Å². The smallest absolute Gasteiger partial charge is 0.398 e. The van der Waals surface area contributed by atoms with Crippen molar-refractivity contribution in [3.8, 4) is 0 Å². The second-order valence-corrected chi connectivity index (χ2v) is 11.1. The number of aromatic nitrogens is 2. The second-order valence-electron chi connectivity index (χ2n) is 11.1. The highest BCUT2D eigenvalue weighted by Gasteiger charge is 2.64. The fraction of sp³-hybridized carbons (Fsp3) is 0.864. The van der Waals surface area contributed by atoms with Gasteiger partial charge in [0.2, 0.25) is 0 Å². The van der Waals surface area contributed by atoms with E-state index in [0.717, 1.165) is 25.0 Å². The highest BCUT2D eigenvalue weighted by atomic mass is 16.7. The quantitative estimate of drug-likeness (QED) is 0.720. The molecule has 0 spiro atoms. The Balaban J connectivity index is 1.66. The standard InChI is InChI=1S/C22H35BN2O3/c1-19(2)14-11-12-22(19,7)17-16(14)18(23-27-20(3,4)21(5,6)28-23)25(24-17)15-10-8-9-13-26-15/h14-15H,8-13H2,1-7H3. The highest BCUT2D eigenvalue weighted by molar-refractivity contribution is 6.62. The third-order valence-corrected chi connectivity index (χ3v) is 8.99. The third kappa shape index (κ3) is 2.23. The molecule has 3 atom stereocenters. The summed E-state index contributed by atoms with van der Waals surface area (Å²) in [5.41, 5.74) is 3.41. The Labute approximate surface area is 169 Å². The lowest BCUT2D eigenvalue weighted by Gasteiger charge is -2.35. The molecule has 1 aromatic rings. The third-order valence-electron chi connectivity index (χ3n) is 8.99. The summed E-state index contributed by atoms with van der Waals surface area (Å²) < 4.78 is 21.4. The number of rotatable bonds is 2. The Morgan fingerprint density at radius 1 is 0.964 bits per heavy atom. The molecule has 5 nitrogen and oxygen atoms in total. The van der Waals surface area contributed by atoms with Crippen LogP contribution in [0.5, 0.6) is 0 Å². The maximum Gasteiger partial charge on any atom is 0.514 e. The normalized spacial score (nSPS) is 37.5. The summed E-state index contributed by atoms with van der Waals surface area (Å²) in [6.45, 7) is 16.6. The van der Waals surface area contributed by atoms with Gasteiger partial charge in [-0.3, -0.25) is 0 Å². The van der Waals surface area contributed by atoms with Crippen LogP contribution in [0.25, 0.3) is 0 Å². The molecule has 0 aromatic carbocycles. The molecule has 1 aromatic heterocycles. The van der Waals surface area contributed by atoms with E-state index >= 15 is 0 Å². The van der Waals surface area contributed by atoms with Gasteiger partial charge in [-0.2, -0.15) is 5.10 Å². The molecule has 2 aliphatic heterocycles. The molecule has 3 heterocycles. The van der Waals surface area contributed by atoms with E-state index in [2.05, 4.69) is 53.1 Å². The van der Waals surface area contributed by atoms with Gasteiger partial charge in [-0.05, 0) is 76.7 Å². The summed E-state index contributed by atoms with van der Waals surface area (Å²) in [4.78, 5) is 0. The molecule has 2 saturated heterocycles. The van der Waals surface area contributed by atoms with Crippen molar-refractivity contribution >= 4 is 12.7 Å². The molecule has 0 N–H and O–H groups in total. The minimum atomic E-state index is -0.384. The SMILES string of the molecule is CC1(C)OB(c2c3c(nn2C2CCCCO2)C2(C)CCC3C2(C)C)OC1(C)C. The van der Waals surface area contributed by atoms with Gasteiger partial charge < -0.3 is 14.0 Å². The van der Waals surface area contributed by atoms with Crippen molar-refractivity contribution in [3.63, 3.8) is 0 Å². The zero-order chi connectivity index (χ0) is 20.1. The molecule has 6 heteroatoms. The summed E-state index contributed by atoms with van der Waals surface area (Å²) in [7, 11) is -0.384. The van der Waals surface area contributed by atoms with Gasteiger partial charge in [-0.15, -0.1) is 0 Å². The fourth-order valence-electron chi connectivity index (χ4n) is 5.97. The van der Waals surface area contributed by atoms with Crippen LogP contribution in [0.3, 0.4) is 0 Å². The van der Waals surface area contributed by atoms with Crippen molar-refractivity contribution in [1.29, 1.82) is 0 Å². The van der Waals surface area contributed by atoms with E-state index in [-0.39, 0.29) is 35.4 Å². The van der Waals surface area contributed by atoms with Gasteiger partial charge in [0.05, 0.1) is 22.5 Å². The van der Waals surface area contributed by atoms with Crippen molar-refractivity contribution in [2.24, 2.45) is 5.41 Å². The molecule has 5 rings (SSSR count). The number of hydrogen-bond acceptors (Lipinski definition) is 4. The monoisotopic (exact) mass is 386 g/mol. The maximum atomic E-state index is 6.54. The van der Waals surface area contributed by atoms with E-state index in [9.17, 15) is 0 Å². The first-order chi connectivity index (χ1) is 13.0. The molecular formula is C22H35BN2O3. The van der Waals surface area contributed by atoms with E-state index in [0.29, 0.717) is 5.92 Å². The van der Waals surface area contributed by atoms with Crippen LogP contribution in [0.4, 0.5) is 0 Å². The van der Waals surface area contributed by atoms with Crippen molar-refractivity contribution in [2.75, 3.05) is 6.61 Å². The van der Waals surface area contributed by atoms with Crippen LogP contribution in [-0.2, 0) is 19.5 Å². The van der Waals surface area contributed by atoms with Crippen molar-refractivity contribution in [3.05, 3.63) is 11.3 Å². The van der Waals surface area contributed by atoms with Gasteiger partial charge in [0.15, 0.2) is 0 Å². The molecule has 0 radical (unpaired) electrons. The Morgan fingerprint density at radius 3 is 2.25 bits per heavy atom. The van der Waals surface area contributed by atoms with E-state index in [1.807, 2.05) is 0 Å². The van der Waals surface area contributed by atoms with Crippen LogP contribution in [-0.4, -0.2) is 34.7 Å². The molecule has 1 saturated carbocycles. The van der Waals surface area contributed by atoms with E-state index in [1.165, 1.54) is 30.5 Å². The number of nitrogens with zero attached hydrogens (tertiary/aromatic N) is 2. The summed E-state index contributed by atoms with van der Waals surface area (Å²) in [6.07, 6.45) is 5.77. The zero-order valence-corrected chi connectivity index (χ0v) is 18.6. The van der Waals surface area contributed by atoms with Crippen LogP contribution < -0.4 is 5.59 Å². The van der Waals surface area contributed by atoms with Crippen molar-refractivity contribution in [2.45, 2.75) is 109 Å². The van der Waals surface area contributed by atoms with Gasteiger partial charge >= 0.3 is 7.12 Å². The second kappa shape index (κ2) is 5.64. The average Bonchev–Trinajstić information content (AvgIpc) is 3.22. The average molecular weight is 386 g/mol. The first-order valence-corrected chi connectivity index (χ1v) is 11.1. The number of fused-ring (bicyclic) bond motifs is 5. The molecule has 28 heavy (non-hydrogen) atoms. The largest absolute Gasteiger partial charge is 0.514 e. The molecule has 154 valence electrons. The maximum absolute atomic E-state index is 6.54. The van der Waals surface area contributed by atoms with Crippen molar-refractivity contribution in [1.82, 2.24) is 9.78 Å². The van der Waals surface area contributed by atoms with Gasteiger partial charge in [-0.25, -0.2) is 4.68 Å². The summed E-state index contributed by atoms with van der Waals surface area (Å²) in [5, 5.41) is 5.24. The van der Waals surface area contributed by atoms with E-state index in [4.69, 9.17) is 19.1 Å². The number of ether oxygens (including phenoxy) is 1. The number of hydrogen-bond donors (Lipinski definition) is 0. The zero-order valence-electron chi connectivity index (χ0n) is 18.6. The first-order valence-electron chi connectivity index (χ1n) is 11.1. The van der Waals surface area contributed by atoms with Crippen LogP contribution in [0.2, 0.25) is 0 Å². The summed E-state index contributed by atoms with van der Waals surface area (Å²) in [5.74, 6) is 0.513. The molecule has 2 bridgehead atoms. The lowest BCUT2D eigenvalue weighted by molar-refractivity contribution is -0.0387. The lowest BCUT2D eigenvalue weighted by Crippen LogP contribution is -2.45. The van der Waals surface area contributed by atoms with Crippen molar-refractivity contribution < 1.29 is 14.0 Å². The lowest BCUT2D eigenvalue weighted by atomic mass is 9.70. The summed E-state index contributed by atoms with van der Waals surface area (Å²) in [6, 6.07) is 0. The Kier molecular flexibility index (Phi) is 3.86. The summed E-state index contributed by atoms with van der Waals surface area (Å²) >= 11 is 0. The van der Waals surface area contributed by atoms with E-state index < -0.39 is 0 Å². The Hall–Kier alpha value is -0.845. The minimum absolute atomic E-state index is 0.000475. The predicted molar refractivity (Wildman–Crippen MR) is 110 cm³/mol. The highest BCUT2D eigenvalue weighted by Crippen LogP contribution is 2.67. The minimum Gasteiger partial charge on any atom is -0.398 e. The molecule has 3 unspecified atom stereocenters.